The lowest BCUT2D eigenvalue weighted by Crippen LogP contribution is -2.25. The van der Waals surface area contributed by atoms with Gasteiger partial charge in [-0.15, -0.1) is 0 Å². The summed E-state index contributed by atoms with van der Waals surface area (Å²) in [5.41, 5.74) is 1.28. The van der Waals surface area contributed by atoms with E-state index in [-0.39, 0.29) is 11.7 Å². The molecule has 0 atom stereocenters. The Morgan fingerprint density at radius 1 is 1.32 bits per heavy atom. The van der Waals surface area contributed by atoms with Crippen LogP contribution in [0, 0.1) is 6.92 Å². The molecule has 1 rings (SSSR count). The topological polar surface area (TPSA) is 58.6 Å². The fourth-order valence-corrected chi connectivity index (χ4v) is 1.65. The number of phenols is 1. The maximum Gasteiger partial charge on any atom is 0.255 e. The van der Waals surface area contributed by atoms with Crippen LogP contribution < -0.4 is 5.32 Å². The zero-order valence-electron chi connectivity index (χ0n) is 11.7. The lowest BCUT2D eigenvalue weighted by atomic mass is 10.1. The molecule has 106 valence electrons. The maximum absolute atomic E-state index is 11.8. The second-order valence-electron chi connectivity index (χ2n) is 4.60. The van der Waals surface area contributed by atoms with E-state index in [9.17, 15) is 9.90 Å². The monoisotopic (exact) mass is 265 g/mol. The maximum atomic E-state index is 11.8. The van der Waals surface area contributed by atoms with Gasteiger partial charge in [0, 0.05) is 19.8 Å². The van der Waals surface area contributed by atoms with Crippen LogP contribution in [0.1, 0.15) is 42.1 Å². The molecule has 0 aromatic heterocycles. The molecule has 0 aliphatic heterocycles. The molecule has 0 radical (unpaired) electrons. The molecule has 0 heterocycles. The molecule has 19 heavy (non-hydrogen) atoms. The quantitative estimate of drug-likeness (QED) is 0.710. The fourth-order valence-electron chi connectivity index (χ4n) is 1.65. The van der Waals surface area contributed by atoms with Gasteiger partial charge in [-0.2, -0.15) is 0 Å². The number of carbonyl (C=O) groups excluding carboxylic acids is 1. The second kappa shape index (κ2) is 8.53. The zero-order valence-corrected chi connectivity index (χ0v) is 11.7. The lowest BCUT2D eigenvalue weighted by Gasteiger charge is -2.08. The first kappa shape index (κ1) is 15.5. The largest absolute Gasteiger partial charge is 0.507 e. The van der Waals surface area contributed by atoms with Gasteiger partial charge in [0.05, 0.1) is 5.56 Å². The second-order valence-corrected chi connectivity index (χ2v) is 4.60. The van der Waals surface area contributed by atoms with Crippen LogP contribution in [0.15, 0.2) is 18.2 Å². The summed E-state index contributed by atoms with van der Waals surface area (Å²) in [4.78, 5) is 11.8. The first-order chi connectivity index (χ1) is 9.15. The Morgan fingerprint density at radius 2 is 2.05 bits per heavy atom. The van der Waals surface area contributed by atoms with Crippen LogP contribution in [-0.4, -0.2) is 30.8 Å². The van der Waals surface area contributed by atoms with Crippen molar-refractivity contribution >= 4 is 5.91 Å². The van der Waals surface area contributed by atoms with Gasteiger partial charge < -0.3 is 15.2 Å². The lowest BCUT2D eigenvalue weighted by molar-refractivity contribution is 0.0938. The summed E-state index contributed by atoms with van der Waals surface area (Å²) < 4.78 is 5.40. The Kier molecular flexibility index (Phi) is 6.97. The molecule has 0 aliphatic carbocycles. The van der Waals surface area contributed by atoms with Crippen LogP contribution in [-0.2, 0) is 4.74 Å². The predicted molar refractivity (Wildman–Crippen MR) is 75.5 cm³/mol. The molecule has 1 aromatic carbocycles. The Balaban J connectivity index is 2.26. The third-order valence-corrected chi connectivity index (χ3v) is 2.79. The highest BCUT2D eigenvalue weighted by atomic mass is 16.5. The SMILES string of the molecule is CCCCOCCCNC(=O)c1cc(C)ccc1O. The molecule has 0 fully saturated rings. The molecule has 1 amide bonds. The van der Waals surface area contributed by atoms with Gasteiger partial charge in [0.15, 0.2) is 0 Å². The number of hydrogen-bond donors (Lipinski definition) is 2. The Hall–Kier alpha value is -1.55. The van der Waals surface area contributed by atoms with E-state index in [1.165, 1.54) is 6.07 Å². The molecule has 0 spiro atoms. The summed E-state index contributed by atoms with van der Waals surface area (Å²) in [6, 6.07) is 4.99. The Bertz CT molecular complexity index is 404. The first-order valence-corrected chi connectivity index (χ1v) is 6.80. The van der Waals surface area contributed by atoms with E-state index in [0.717, 1.165) is 31.4 Å². The minimum Gasteiger partial charge on any atom is -0.507 e. The number of unbranched alkanes of at least 4 members (excludes halogenated alkanes) is 1. The number of phenolic OH excluding ortho intramolecular Hbond substituents is 1. The summed E-state index contributed by atoms with van der Waals surface area (Å²) >= 11 is 0. The van der Waals surface area contributed by atoms with Gasteiger partial charge in [0.2, 0.25) is 0 Å². The summed E-state index contributed by atoms with van der Waals surface area (Å²) in [5.74, 6) is -0.225. The highest BCUT2D eigenvalue weighted by Gasteiger charge is 2.10. The van der Waals surface area contributed by atoms with Crippen LogP contribution >= 0.6 is 0 Å². The van der Waals surface area contributed by atoms with Gasteiger partial charge in [-0.3, -0.25) is 4.79 Å². The number of hydrogen-bond acceptors (Lipinski definition) is 3. The van der Waals surface area contributed by atoms with Gasteiger partial charge in [-0.05, 0) is 31.9 Å². The highest BCUT2D eigenvalue weighted by Crippen LogP contribution is 2.17. The molecule has 1 aromatic rings. The van der Waals surface area contributed by atoms with E-state index in [1.54, 1.807) is 12.1 Å². The van der Waals surface area contributed by atoms with Gasteiger partial charge in [0.1, 0.15) is 5.75 Å². The summed E-state index contributed by atoms with van der Waals surface area (Å²) in [7, 11) is 0. The summed E-state index contributed by atoms with van der Waals surface area (Å²) in [6.07, 6.45) is 2.98. The van der Waals surface area contributed by atoms with E-state index in [4.69, 9.17) is 4.74 Å². The number of aryl methyl sites for hydroxylation is 1. The van der Waals surface area contributed by atoms with E-state index in [1.807, 2.05) is 6.92 Å². The van der Waals surface area contributed by atoms with E-state index < -0.39 is 0 Å². The normalized spacial score (nSPS) is 10.4. The van der Waals surface area contributed by atoms with Crippen molar-refractivity contribution in [2.45, 2.75) is 33.1 Å². The van der Waals surface area contributed by atoms with Crippen molar-refractivity contribution in [2.24, 2.45) is 0 Å². The van der Waals surface area contributed by atoms with Crippen molar-refractivity contribution in [3.63, 3.8) is 0 Å². The van der Waals surface area contributed by atoms with Crippen molar-refractivity contribution in [3.05, 3.63) is 29.3 Å². The van der Waals surface area contributed by atoms with Crippen molar-refractivity contribution < 1.29 is 14.6 Å². The van der Waals surface area contributed by atoms with Crippen molar-refractivity contribution in [1.29, 1.82) is 0 Å². The van der Waals surface area contributed by atoms with Crippen molar-refractivity contribution in [1.82, 2.24) is 5.32 Å². The molecule has 4 nitrogen and oxygen atoms in total. The number of carbonyl (C=O) groups is 1. The fraction of sp³-hybridized carbons (Fsp3) is 0.533. The highest BCUT2D eigenvalue weighted by molar-refractivity contribution is 5.96. The van der Waals surface area contributed by atoms with Crippen LogP contribution in [0.4, 0.5) is 0 Å². The number of rotatable bonds is 8. The summed E-state index contributed by atoms with van der Waals surface area (Å²) in [5, 5.41) is 12.4. The molecular weight excluding hydrogens is 242 g/mol. The standard InChI is InChI=1S/C15H23NO3/c1-3-4-9-19-10-5-8-16-15(18)13-11-12(2)6-7-14(13)17/h6-7,11,17H,3-5,8-10H2,1-2H3,(H,16,18). The average molecular weight is 265 g/mol. The van der Waals surface area contributed by atoms with Crippen LogP contribution in [0.2, 0.25) is 0 Å². The molecule has 0 unspecified atom stereocenters. The molecule has 0 saturated carbocycles. The van der Waals surface area contributed by atoms with Crippen LogP contribution in [0.5, 0.6) is 5.75 Å². The Morgan fingerprint density at radius 3 is 2.79 bits per heavy atom. The number of ether oxygens (including phenoxy) is 1. The predicted octanol–water partition coefficient (Wildman–Crippen LogP) is 2.64. The third-order valence-electron chi connectivity index (χ3n) is 2.79. The summed E-state index contributed by atoms with van der Waals surface area (Å²) in [6.45, 7) is 6.00. The van der Waals surface area contributed by atoms with Crippen molar-refractivity contribution in [2.75, 3.05) is 19.8 Å². The number of benzene rings is 1. The molecule has 0 bridgehead atoms. The minimum absolute atomic E-state index is 0.0160. The van der Waals surface area contributed by atoms with E-state index in [2.05, 4.69) is 12.2 Å². The number of aromatic hydroxyl groups is 1. The molecule has 4 heteroatoms. The molecule has 0 aliphatic rings. The molecule has 2 N–H and O–H groups in total. The third kappa shape index (κ3) is 5.75. The molecule has 0 saturated heterocycles. The van der Waals surface area contributed by atoms with Gasteiger partial charge in [-0.25, -0.2) is 0 Å². The Labute approximate surface area is 114 Å². The molecular formula is C15H23NO3. The minimum atomic E-state index is -0.241. The number of nitrogens with one attached hydrogen (secondary N) is 1. The van der Waals surface area contributed by atoms with Gasteiger partial charge in [0.25, 0.3) is 5.91 Å². The van der Waals surface area contributed by atoms with Crippen molar-refractivity contribution in [3.8, 4) is 5.75 Å². The number of amides is 1. The van der Waals surface area contributed by atoms with Crippen LogP contribution in [0.25, 0.3) is 0 Å². The smallest absolute Gasteiger partial charge is 0.255 e. The average Bonchev–Trinajstić information content (AvgIpc) is 2.40. The van der Waals surface area contributed by atoms with Crippen LogP contribution in [0.3, 0.4) is 0 Å². The van der Waals surface area contributed by atoms with Gasteiger partial charge in [-0.1, -0.05) is 25.0 Å². The van der Waals surface area contributed by atoms with E-state index >= 15 is 0 Å². The van der Waals surface area contributed by atoms with Gasteiger partial charge >= 0.3 is 0 Å². The van der Waals surface area contributed by atoms with E-state index in [0.29, 0.717) is 18.7 Å². The first-order valence-electron chi connectivity index (χ1n) is 6.80. The zero-order chi connectivity index (χ0) is 14.1.